The predicted octanol–water partition coefficient (Wildman–Crippen LogP) is -0.424. The second kappa shape index (κ2) is 12.8. The number of carboxylic acids is 1. The van der Waals surface area contributed by atoms with Crippen LogP contribution in [0.15, 0.2) is 0 Å². The summed E-state index contributed by atoms with van der Waals surface area (Å²) in [6.07, 6.45) is 3.71. The van der Waals surface area contributed by atoms with Crippen LogP contribution in [0.2, 0.25) is 0 Å². The van der Waals surface area contributed by atoms with Crippen LogP contribution >= 0.6 is 0 Å². The maximum atomic E-state index is 12.3. The first-order valence-corrected chi connectivity index (χ1v) is 10.8. The number of rotatable bonds is 12. The Hall–Kier alpha value is -1.71. The highest BCUT2D eigenvalue weighted by molar-refractivity contribution is 5.78. The molecule has 1 atom stereocenters. The van der Waals surface area contributed by atoms with Crippen molar-refractivity contribution < 1.29 is 19.5 Å². The number of carbonyl (C=O) groups excluding carboxylic acids is 2. The average molecular weight is 426 g/mol. The summed E-state index contributed by atoms with van der Waals surface area (Å²) in [4.78, 5) is 41.5. The largest absolute Gasteiger partial charge is 0.481 e. The summed E-state index contributed by atoms with van der Waals surface area (Å²) in [7, 11) is 2.16. The van der Waals surface area contributed by atoms with Crippen LogP contribution in [0.25, 0.3) is 0 Å². The zero-order valence-electron chi connectivity index (χ0n) is 17.7. The van der Waals surface area contributed by atoms with Crippen molar-refractivity contribution in [1.82, 2.24) is 25.3 Å². The van der Waals surface area contributed by atoms with Gasteiger partial charge in [-0.25, -0.2) is 0 Å². The van der Waals surface area contributed by atoms with E-state index in [1.807, 2.05) is 0 Å². The lowest BCUT2D eigenvalue weighted by Gasteiger charge is -2.36. The van der Waals surface area contributed by atoms with Crippen molar-refractivity contribution in [2.45, 2.75) is 44.6 Å². The van der Waals surface area contributed by atoms with Gasteiger partial charge in [0.05, 0.1) is 6.54 Å². The van der Waals surface area contributed by atoms with Crippen molar-refractivity contribution >= 4 is 17.8 Å². The van der Waals surface area contributed by atoms with Crippen molar-refractivity contribution in [2.24, 2.45) is 0 Å². The molecule has 9 heteroatoms. The van der Waals surface area contributed by atoms with Gasteiger partial charge in [-0.1, -0.05) is 0 Å². The van der Waals surface area contributed by atoms with E-state index in [9.17, 15) is 14.4 Å². The van der Waals surface area contributed by atoms with Gasteiger partial charge in [0.15, 0.2) is 0 Å². The summed E-state index contributed by atoms with van der Waals surface area (Å²) in [6.45, 7) is 7.74. The number of hydrogen-bond donors (Lipinski definition) is 3. The SMILES string of the molecule is C[15N]1CCN(CC2CCC[15N]2C[13C](=O)[15NH][13CH2][13CH2][13CH2][13C](=O)[15NH][13CH2][13CH2][13CH2][13C](=O)O)[13CH2][13CH2]1. The molecule has 2 fully saturated rings. The Morgan fingerprint density at radius 3 is 2.28 bits per heavy atom. The Labute approximate surface area is 173 Å². The number of nitrogens with one attached hydrogen (secondary N) is 2. The molecule has 2 amide bonds. The molecule has 0 bridgehead atoms. The molecule has 0 saturated carbocycles. The molecule has 2 aliphatic heterocycles. The lowest BCUT2D eigenvalue weighted by molar-refractivity contribution is -0.137. The second-order valence-corrected chi connectivity index (χ2v) is 8.17. The number of aliphatic carboxylic acids is 1. The number of piperazine rings is 1. The lowest BCUT2D eigenvalue weighted by atomic mass is 10.2. The molecule has 2 heterocycles. The van der Waals surface area contributed by atoms with E-state index in [-0.39, 0.29) is 18.2 Å². The van der Waals surface area contributed by atoms with Crippen molar-refractivity contribution in [2.75, 3.05) is 66.0 Å². The fourth-order valence-electron chi connectivity index (χ4n) is 3.91. The van der Waals surface area contributed by atoms with Crippen LogP contribution in [-0.2, 0) is 14.4 Å². The van der Waals surface area contributed by atoms with Gasteiger partial charge < -0.3 is 20.6 Å². The van der Waals surface area contributed by atoms with Crippen LogP contribution in [0.5, 0.6) is 0 Å². The van der Waals surface area contributed by atoms with Crippen molar-refractivity contribution in [1.29, 1.82) is 0 Å². The number of amides is 2. The molecule has 2 rings (SSSR count). The van der Waals surface area contributed by atoms with E-state index >= 15 is 0 Å². The molecule has 0 aromatic rings. The van der Waals surface area contributed by atoms with E-state index in [2.05, 4.69) is 32.4 Å². The second-order valence-electron chi connectivity index (χ2n) is 8.17. The van der Waals surface area contributed by atoms with Crippen LogP contribution in [0.1, 0.15) is 38.5 Å². The van der Waals surface area contributed by atoms with Gasteiger partial charge in [0.2, 0.25) is 11.8 Å². The van der Waals surface area contributed by atoms with Crippen LogP contribution in [0.3, 0.4) is 0 Å². The third-order valence-corrected chi connectivity index (χ3v) is 5.70. The molecular formula is C20H37N5O4. The molecule has 0 aliphatic carbocycles. The average Bonchev–Trinajstić information content (AvgIpc) is 3.10. The van der Waals surface area contributed by atoms with Gasteiger partial charge in [0, 0.05) is 64.7 Å². The Morgan fingerprint density at radius 1 is 0.931 bits per heavy atom. The van der Waals surface area contributed by atoms with Crippen LogP contribution in [-0.4, -0.2) is 110 Å². The summed E-state index contributed by atoms with van der Waals surface area (Å²) < 4.78 is 0. The van der Waals surface area contributed by atoms with Crippen molar-refractivity contribution in [3.8, 4) is 0 Å². The number of carboxylic acid groups (broad SMARTS) is 1. The van der Waals surface area contributed by atoms with Gasteiger partial charge in [0.1, 0.15) is 0 Å². The molecule has 3 N–H and O–H groups in total. The summed E-state index contributed by atoms with van der Waals surface area (Å²) in [5, 5.41) is 14.2. The minimum absolute atomic E-state index is 0.0251. The molecule has 2 saturated heterocycles. The highest BCUT2D eigenvalue weighted by Crippen LogP contribution is 2.18. The van der Waals surface area contributed by atoms with E-state index in [4.69, 9.17) is 5.11 Å². The van der Waals surface area contributed by atoms with Crippen LogP contribution < -0.4 is 10.6 Å². The van der Waals surface area contributed by atoms with Crippen LogP contribution in [0, 0.1) is 0 Å². The molecule has 9 nitrogen and oxygen atoms in total. The molecule has 2 aliphatic rings. The van der Waals surface area contributed by atoms with E-state index in [1.165, 1.54) is 0 Å². The van der Waals surface area contributed by atoms with E-state index in [0.717, 1.165) is 52.1 Å². The summed E-state index contributed by atoms with van der Waals surface area (Å²) in [5.41, 5.74) is 0. The van der Waals surface area contributed by atoms with E-state index in [0.29, 0.717) is 44.9 Å². The first-order chi connectivity index (χ1) is 13.9. The van der Waals surface area contributed by atoms with Gasteiger partial charge in [-0.15, -0.1) is 0 Å². The summed E-state index contributed by atoms with van der Waals surface area (Å²) >= 11 is 0. The van der Waals surface area contributed by atoms with Gasteiger partial charge in [-0.05, 0) is 39.3 Å². The molecular weight excluding hydrogens is 389 g/mol. The Balaban J connectivity index is 1.55. The minimum atomic E-state index is -0.856. The topological polar surface area (TPSA) is 105 Å². The highest BCUT2D eigenvalue weighted by atomic mass is 16.5. The first kappa shape index (κ1) is 23.6. The summed E-state index contributed by atoms with van der Waals surface area (Å²) in [6, 6.07) is 0.459. The lowest BCUT2D eigenvalue weighted by Crippen LogP contribution is -2.50. The zero-order chi connectivity index (χ0) is 21.1. The van der Waals surface area contributed by atoms with Gasteiger partial charge in [-0.2, -0.15) is 0 Å². The quantitative estimate of drug-likeness (QED) is 0.221. The monoisotopic (exact) mass is 426 g/mol. The molecule has 0 aromatic heterocycles. The van der Waals surface area contributed by atoms with Gasteiger partial charge in [-0.3, -0.25) is 24.2 Å². The normalized spacial score (nSPS) is 21.2. The summed E-state index contributed by atoms with van der Waals surface area (Å²) in [5.74, 6) is -0.931. The third-order valence-electron chi connectivity index (χ3n) is 5.70. The molecule has 29 heavy (non-hydrogen) atoms. The molecule has 0 aromatic carbocycles. The fraction of sp³-hybridized carbons (Fsp3) is 0.850. The molecule has 0 radical (unpaired) electrons. The van der Waals surface area contributed by atoms with Gasteiger partial charge in [0.25, 0.3) is 0 Å². The minimum Gasteiger partial charge on any atom is -0.481 e. The Morgan fingerprint density at radius 2 is 1.59 bits per heavy atom. The highest BCUT2D eigenvalue weighted by Gasteiger charge is 2.28. The fourth-order valence-corrected chi connectivity index (χ4v) is 3.91. The van der Waals surface area contributed by atoms with Crippen molar-refractivity contribution in [3.05, 3.63) is 0 Å². The Bertz CT molecular complexity index is 537. The molecule has 166 valence electrons. The maximum Gasteiger partial charge on any atom is 0.303 e. The predicted molar refractivity (Wildman–Crippen MR) is 111 cm³/mol. The molecule has 0 spiro atoms. The number of likely N-dealkylation sites (N-methyl/N-ethyl adjacent to an activating group) is 1. The Kier molecular flexibility index (Phi) is 10.4. The third kappa shape index (κ3) is 9.56. The van der Waals surface area contributed by atoms with Crippen molar-refractivity contribution in [3.63, 3.8) is 0 Å². The van der Waals surface area contributed by atoms with E-state index < -0.39 is 5.97 Å². The molecule has 1 unspecified atom stereocenters. The maximum absolute atomic E-state index is 12.3. The van der Waals surface area contributed by atoms with Crippen LogP contribution in [0.4, 0.5) is 0 Å². The number of carbonyl (C=O) groups is 3. The first-order valence-electron chi connectivity index (χ1n) is 10.8. The van der Waals surface area contributed by atoms with Gasteiger partial charge >= 0.3 is 5.97 Å². The smallest absolute Gasteiger partial charge is 0.303 e. The number of hydrogen-bond acceptors (Lipinski definition) is 6. The zero-order valence-corrected chi connectivity index (χ0v) is 17.7. The number of likely N-dealkylation sites (tertiary alicyclic amines) is 1. The standard InChI is InChI=1S/C20H37N5O4/c1-23-11-13-24(14-12-23)15-17-5-4-10-25(17)16-19(27)22-8-2-6-18(26)21-9-3-7-20(28)29/h17H,2-16H2,1H3,(H,21,26)(H,22,27)(H,28,29)/i2+1,3+1,6+1,7+1,8+1,9+1,11+1,13+1,18+1,19+1,20+1,21+1,22+1,23+1,25+1. The number of nitrogens with zero attached hydrogens (tertiary/aromatic N) is 3. The van der Waals surface area contributed by atoms with E-state index in [1.54, 1.807) is 0 Å².